The summed E-state index contributed by atoms with van der Waals surface area (Å²) in [6.07, 6.45) is 4.63. The quantitative estimate of drug-likeness (QED) is 0.630. The third kappa shape index (κ3) is 3.60. The van der Waals surface area contributed by atoms with Crippen LogP contribution in [0.2, 0.25) is 0 Å². The van der Waals surface area contributed by atoms with Gasteiger partial charge in [0.1, 0.15) is 0 Å². The Balaban J connectivity index is 1.96. The zero-order chi connectivity index (χ0) is 13.8. The second-order valence-corrected chi connectivity index (χ2v) is 5.34. The second-order valence-electron chi connectivity index (χ2n) is 5.34. The molecule has 1 saturated carbocycles. The first kappa shape index (κ1) is 13.7. The molecule has 1 aromatic carbocycles. The van der Waals surface area contributed by atoms with Gasteiger partial charge in [0.05, 0.1) is 0 Å². The molecule has 1 aliphatic rings. The third-order valence-electron chi connectivity index (χ3n) is 3.62. The fourth-order valence-corrected chi connectivity index (χ4v) is 2.30. The lowest BCUT2D eigenvalue weighted by Gasteiger charge is -2.22. The molecule has 1 unspecified atom stereocenters. The SMILES string of the molecule is C=CCN(C(=O)CC(C)c1ccc(N)cc1)C1CC1. The van der Waals surface area contributed by atoms with Crippen LogP contribution in [0.15, 0.2) is 36.9 Å². The second kappa shape index (κ2) is 5.91. The predicted molar refractivity (Wildman–Crippen MR) is 78.8 cm³/mol. The fraction of sp³-hybridized carbons (Fsp3) is 0.438. The van der Waals surface area contributed by atoms with Gasteiger partial charge in [-0.3, -0.25) is 4.79 Å². The van der Waals surface area contributed by atoms with Gasteiger partial charge in [-0.25, -0.2) is 0 Å². The smallest absolute Gasteiger partial charge is 0.223 e. The van der Waals surface area contributed by atoms with Crippen LogP contribution in [-0.2, 0) is 4.79 Å². The molecule has 0 aromatic heterocycles. The summed E-state index contributed by atoms with van der Waals surface area (Å²) in [5, 5.41) is 0. The highest BCUT2D eigenvalue weighted by atomic mass is 16.2. The van der Waals surface area contributed by atoms with Crippen LogP contribution in [0, 0.1) is 0 Å². The number of nitrogens with two attached hydrogens (primary N) is 1. The summed E-state index contributed by atoms with van der Waals surface area (Å²) >= 11 is 0. The largest absolute Gasteiger partial charge is 0.399 e. The Bertz CT molecular complexity index is 448. The Morgan fingerprint density at radius 3 is 2.63 bits per heavy atom. The maximum Gasteiger partial charge on any atom is 0.223 e. The van der Waals surface area contributed by atoms with Crippen LogP contribution in [0.1, 0.15) is 37.7 Å². The molecule has 0 bridgehead atoms. The Morgan fingerprint density at radius 1 is 1.47 bits per heavy atom. The molecule has 102 valence electrons. The standard InChI is InChI=1S/C16H22N2O/c1-3-10-18(15-8-9-15)16(19)11-12(2)13-4-6-14(17)7-5-13/h3-7,12,15H,1,8-11,17H2,2H3. The van der Waals surface area contributed by atoms with Crippen molar-refractivity contribution in [2.24, 2.45) is 0 Å². The molecule has 1 amide bonds. The van der Waals surface area contributed by atoms with Crippen LogP contribution in [0.4, 0.5) is 5.69 Å². The van der Waals surface area contributed by atoms with E-state index in [0.717, 1.165) is 24.1 Å². The molecule has 3 nitrogen and oxygen atoms in total. The van der Waals surface area contributed by atoms with E-state index < -0.39 is 0 Å². The number of anilines is 1. The molecule has 19 heavy (non-hydrogen) atoms. The molecule has 0 heterocycles. The zero-order valence-corrected chi connectivity index (χ0v) is 11.5. The summed E-state index contributed by atoms with van der Waals surface area (Å²) in [6, 6.07) is 8.23. The summed E-state index contributed by atoms with van der Waals surface area (Å²) in [6.45, 7) is 6.48. The van der Waals surface area contributed by atoms with Gasteiger partial charge in [0.2, 0.25) is 5.91 Å². The van der Waals surface area contributed by atoms with E-state index in [4.69, 9.17) is 5.73 Å². The molecule has 0 aliphatic heterocycles. The van der Waals surface area contributed by atoms with Gasteiger partial charge in [-0.05, 0) is 36.5 Å². The Labute approximate surface area is 115 Å². The molecule has 1 aromatic rings. The van der Waals surface area contributed by atoms with Crippen molar-refractivity contribution >= 4 is 11.6 Å². The van der Waals surface area contributed by atoms with Crippen LogP contribution in [0.25, 0.3) is 0 Å². The maximum absolute atomic E-state index is 12.3. The highest BCUT2D eigenvalue weighted by Gasteiger charge is 2.32. The van der Waals surface area contributed by atoms with Crippen molar-refractivity contribution in [3.8, 4) is 0 Å². The number of carbonyl (C=O) groups excluding carboxylic acids is 1. The molecule has 1 fully saturated rings. The molecule has 1 atom stereocenters. The Kier molecular flexibility index (Phi) is 4.25. The summed E-state index contributed by atoms with van der Waals surface area (Å²) < 4.78 is 0. The number of amides is 1. The molecule has 0 spiro atoms. The molecular formula is C16H22N2O. The monoisotopic (exact) mass is 258 g/mol. The van der Waals surface area contributed by atoms with Crippen LogP contribution >= 0.6 is 0 Å². The van der Waals surface area contributed by atoms with Gasteiger partial charge in [0.25, 0.3) is 0 Å². The van der Waals surface area contributed by atoms with Gasteiger partial charge >= 0.3 is 0 Å². The van der Waals surface area contributed by atoms with E-state index in [9.17, 15) is 4.79 Å². The fourth-order valence-electron chi connectivity index (χ4n) is 2.30. The summed E-state index contributed by atoms with van der Waals surface area (Å²) in [4.78, 5) is 14.3. The van der Waals surface area contributed by atoms with E-state index >= 15 is 0 Å². The lowest BCUT2D eigenvalue weighted by molar-refractivity contribution is -0.131. The van der Waals surface area contributed by atoms with Crippen molar-refractivity contribution in [1.29, 1.82) is 0 Å². The van der Waals surface area contributed by atoms with Crippen LogP contribution in [0.5, 0.6) is 0 Å². The molecule has 0 radical (unpaired) electrons. The minimum absolute atomic E-state index is 0.221. The van der Waals surface area contributed by atoms with Crippen molar-refractivity contribution in [2.45, 2.75) is 38.1 Å². The van der Waals surface area contributed by atoms with Crippen molar-refractivity contribution in [2.75, 3.05) is 12.3 Å². The summed E-state index contributed by atoms with van der Waals surface area (Å²) in [7, 11) is 0. The van der Waals surface area contributed by atoms with Crippen molar-refractivity contribution in [3.05, 3.63) is 42.5 Å². The molecular weight excluding hydrogens is 236 g/mol. The van der Waals surface area contributed by atoms with E-state index in [1.807, 2.05) is 35.2 Å². The highest BCUT2D eigenvalue weighted by molar-refractivity contribution is 5.78. The molecule has 2 N–H and O–H groups in total. The van der Waals surface area contributed by atoms with Crippen molar-refractivity contribution in [3.63, 3.8) is 0 Å². The van der Waals surface area contributed by atoms with E-state index in [-0.39, 0.29) is 11.8 Å². The third-order valence-corrected chi connectivity index (χ3v) is 3.62. The lowest BCUT2D eigenvalue weighted by Crippen LogP contribution is -2.33. The minimum atomic E-state index is 0.221. The average molecular weight is 258 g/mol. The topological polar surface area (TPSA) is 46.3 Å². The predicted octanol–water partition coefficient (Wildman–Crippen LogP) is 2.94. The molecule has 0 saturated heterocycles. The van der Waals surface area contributed by atoms with Crippen LogP contribution in [-0.4, -0.2) is 23.4 Å². The maximum atomic E-state index is 12.3. The first-order valence-corrected chi connectivity index (χ1v) is 6.87. The Morgan fingerprint density at radius 2 is 2.11 bits per heavy atom. The number of hydrogen-bond acceptors (Lipinski definition) is 2. The number of carbonyl (C=O) groups is 1. The Hall–Kier alpha value is -1.77. The van der Waals surface area contributed by atoms with E-state index in [1.54, 1.807) is 0 Å². The van der Waals surface area contributed by atoms with E-state index in [1.165, 1.54) is 0 Å². The number of hydrogen-bond donors (Lipinski definition) is 1. The van der Waals surface area contributed by atoms with Crippen molar-refractivity contribution in [1.82, 2.24) is 4.90 Å². The van der Waals surface area contributed by atoms with Gasteiger partial charge in [0, 0.05) is 24.7 Å². The van der Waals surface area contributed by atoms with Crippen molar-refractivity contribution < 1.29 is 4.79 Å². The van der Waals surface area contributed by atoms with E-state index in [0.29, 0.717) is 19.0 Å². The highest BCUT2D eigenvalue weighted by Crippen LogP contribution is 2.29. The summed E-state index contributed by atoms with van der Waals surface area (Å²) in [5.74, 6) is 0.450. The number of benzene rings is 1. The average Bonchev–Trinajstić information content (AvgIpc) is 3.20. The zero-order valence-electron chi connectivity index (χ0n) is 11.5. The normalized spacial score (nSPS) is 15.8. The van der Waals surface area contributed by atoms with Gasteiger partial charge in [-0.2, -0.15) is 0 Å². The van der Waals surface area contributed by atoms with Gasteiger partial charge in [-0.1, -0.05) is 25.1 Å². The number of nitrogen functional groups attached to an aromatic ring is 1. The van der Waals surface area contributed by atoms with E-state index in [2.05, 4.69) is 13.5 Å². The number of rotatable bonds is 6. The lowest BCUT2D eigenvalue weighted by atomic mass is 9.97. The van der Waals surface area contributed by atoms with Gasteiger partial charge < -0.3 is 10.6 Å². The van der Waals surface area contributed by atoms with Crippen LogP contribution < -0.4 is 5.73 Å². The van der Waals surface area contributed by atoms with Gasteiger partial charge in [-0.15, -0.1) is 6.58 Å². The van der Waals surface area contributed by atoms with Crippen LogP contribution in [0.3, 0.4) is 0 Å². The molecule has 2 rings (SSSR count). The molecule has 1 aliphatic carbocycles. The first-order chi connectivity index (χ1) is 9.11. The summed E-state index contributed by atoms with van der Waals surface area (Å²) in [5.41, 5.74) is 7.60. The number of nitrogens with zero attached hydrogens (tertiary/aromatic N) is 1. The first-order valence-electron chi connectivity index (χ1n) is 6.87. The van der Waals surface area contributed by atoms with Gasteiger partial charge in [0.15, 0.2) is 0 Å². The molecule has 3 heteroatoms. The minimum Gasteiger partial charge on any atom is -0.399 e.